The van der Waals surface area contributed by atoms with Gasteiger partial charge >= 0.3 is 0 Å². The topological polar surface area (TPSA) is 56.0 Å². The van der Waals surface area contributed by atoms with Gasteiger partial charge in [-0.2, -0.15) is 10.2 Å². The van der Waals surface area contributed by atoms with E-state index in [1.54, 1.807) is 25.6 Å². The van der Waals surface area contributed by atoms with E-state index in [4.69, 9.17) is 0 Å². The molecule has 7 heteroatoms. The van der Waals surface area contributed by atoms with Gasteiger partial charge < -0.3 is 4.90 Å². The maximum Gasteiger partial charge on any atom is 0.247 e. The number of fused-ring (bicyclic) bond motifs is 1. The number of rotatable bonds is 4. The Labute approximate surface area is 133 Å². The van der Waals surface area contributed by atoms with E-state index in [0.717, 1.165) is 16.7 Å². The molecule has 3 aromatic heterocycles. The van der Waals surface area contributed by atoms with Crippen molar-refractivity contribution >= 4 is 28.3 Å². The first-order chi connectivity index (χ1) is 10.5. The summed E-state index contributed by atoms with van der Waals surface area (Å²) in [5, 5.41) is 10.9. The Morgan fingerprint density at radius 3 is 2.86 bits per heavy atom. The summed E-state index contributed by atoms with van der Waals surface area (Å²) >= 11 is 1.66. The van der Waals surface area contributed by atoms with Crippen molar-refractivity contribution in [1.29, 1.82) is 0 Å². The first-order valence-corrected chi connectivity index (χ1v) is 8.01. The van der Waals surface area contributed by atoms with E-state index in [0.29, 0.717) is 6.54 Å². The molecule has 3 rings (SSSR count). The number of nitrogens with zero attached hydrogens (tertiary/aromatic N) is 5. The second-order valence-corrected chi connectivity index (χ2v) is 6.53. The normalized spacial score (nSPS) is 12.7. The van der Waals surface area contributed by atoms with Gasteiger partial charge in [-0.25, -0.2) is 0 Å². The van der Waals surface area contributed by atoms with Crippen LogP contribution in [0.25, 0.3) is 11.0 Å². The molecule has 116 valence electrons. The first-order valence-electron chi connectivity index (χ1n) is 7.13. The predicted molar refractivity (Wildman–Crippen MR) is 86.7 cm³/mol. The summed E-state index contributed by atoms with van der Waals surface area (Å²) in [5.74, 6) is 0.0480. The third-order valence-corrected chi connectivity index (χ3v) is 4.67. The second kappa shape index (κ2) is 5.57. The van der Waals surface area contributed by atoms with Crippen molar-refractivity contribution in [1.82, 2.24) is 24.5 Å². The zero-order valence-corrected chi connectivity index (χ0v) is 14.0. The molecule has 0 aliphatic rings. The lowest BCUT2D eigenvalue weighted by atomic mass is 10.3. The van der Waals surface area contributed by atoms with Crippen LogP contribution in [0.1, 0.15) is 23.5 Å². The van der Waals surface area contributed by atoms with Crippen molar-refractivity contribution in [3.05, 3.63) is 34.3 Å². The minimum absolute atomic E-state index is 0.0480. The molecule has 0 aromatic carbocycles. The van der Waals surface area contributed by atoms with Gasteiger partial charge in [-0.05, 0) is 25.3 Å². The highest BCUT2D eigenvalue weighted by atomic mass is 32.1. The van der Waals surface area contributed by atoms with Gasteiger partial charge in [0, 0.05) is 19.0 Å². The zero-order valence-electron chi connectivity index (χ0n) is 13.1. The quantitative estimate of drug-likeness (QED) is 0.742. The van der Waals surface area contributed by atoms with E-state index >= 15 is 0 Å². The van der Waals surface area contributed by atoms with Crippen LogP contribution in [0.4, 0.5) is 0 Å². The summed E-state index contributed by atoms with van der Waals surface area (Å²) in [5.41, 5.74) is 2.67. The highest BCUT2D eigenvalue weighted by Crippen LogP contribution is 2.19. The molecule has 0 bridgehead atoms. The Morgan fingerprint density at radius 1 is 1.45 bits per heavy atom. The van der Waals surface area contributed by atoms with Crippen molar-refractivity contribution in [2.45, 2.75) is 26.4 Å². The van der Waals surface area contributed by atoms with Crippen LogP contribution in [0.3, 0.4) is 0 Å². The smallest absolute Gasteiger partial charge is 0.247 e. The van der Waals surface area contributed by atoms with Crippen LogP contribution in [0.2, 0.25) is 0 Å². The largest absolute Gasteiger partial charge is 0.339 e. The fourth-order valence-electron chi connectivity index (χ4n) is 2.55. The molecule has 3 aromatic rings. The molecular formula is C15H19N5OS. The van der Waals surface area contributed by atoms with Crippen LogP contribution in [0.15, 0.2) is 23.7 Å². The third kappa shape index (κ3) is 2.52. The molecule has 6 nitrogen and oxygen atoms in total. The number of likely N-dealkylation sites (N-methyl/N-ethyl adjacent to an activating group) is 1. The molecule has 0 aliphatic carbocycles. The number of amides is 1. The summed E-state index contributed by atoms with van der Waals surface area (Å²) in [7, 11) is 3.71. The van der Waals surface area contributed by atoms with Crippen LogP contribution >= 0.6 is 11.3 Å². The van der Waals surface area contributed by atoms with Crippen molar-refractivity contribution in [2.24, 2.45) is 7.05 Å². The van der Waals surface area contributed by atoms with Crippen molar-refractivity contribution in [2.75, 3.05) is 7.05 Å². The van der Waals surface area contributed by atoms with E-state index in [1.807, 2.05) is 51.7 Å². The lowest BCUT2D eigenvalue weighted by Gasteiger charge is -2.21. The van der Waals surface area contributed by atoms with Crippen LogP contribution in [-0.4, -0.2) is 37.4 Å². The Balaban J connectivity index is 1.80. The summed E-state index contributed by atoms with van der Waals surface area (Å²) in [6.07, 6.45) is 1.89. The van der Waals surface area contributed by atoms with E-state index in [2.05, 4.69) is 10.2 Å². The van der Waals surface area contributed by atoms with E-state index < -0.39 is 0 Å². The number of carbonyl (C=O) groups is 1. The Bertz CT molecular complexity index is 767. The summed E-state index contributed by atoms with van der Waals surface area (Å²) in [6, 6.07) is 3.70. The Morgan fingerprint density at radius 2 is 2.23 bits per heavy atom. The zero-order chi connectivity index (χ0) is 15.9. The average Bonchev–Trinajstić information content (AvgIpc) is 3.18. The monoisotopic (exact) mass is 317 g/mol. The molecule has 1 amide bonds. The maximum absolute atomic E-state index is 12.6. The van der Waals surface area contributed by atoms with Gasteiger partial charge in [0.15, 0.2) is 0 Å². The molecule has 0 fully saturated rings. The van der Waals surface area contributed by atoms with Gasteiger partial charge in [-0.3, -0.25) is 14.2 Å². The number of hydrogen-bond donors (Lipinski definition) is 0. The number of hydrogen-bond acceptors (Lipinski definition) is 4. The average molecular weight is 317 g/mol. The molecule has 3 heterocycles. The lowest BCUT2D eigenvalue weighted by Crippen LogP contribution is -2.32. The van der Waals surface area contributed by atoms with Crippen LogP contribution in [-0.2, 0) is 18.4 Å². The standard InChI is InChI=1S/C15H19N5OS/c1-10-14-13(19(4)16-10)9-20(17-14)11(2)15(21)18(3)8-12-6-5-7-22-12/h5-7,9,11H,8H2,1-4H3/t11-/m0/s1. The van der Waals surface area contributed by atoms with Crippen molar-refractivity contribution in [3.63, 3.8) is 0 Å². The lowest BCUT2D eigenvalue weighted by molar-refractivity contribution is -0.133. The third-order valence-electron chi connectivity index (χ3n) is 3.81. The SMILES string of the molecule is Cc1nn(C)c2cn([C@@H](C)C(=O)N(C)Cc3cccs3)nc12. The van der Waals surface area contributed by atoms with Gasteiger partial charge in [0.05, 0.1) is 18.4 Å². The molecule has 0 spiro atoms. The van der Waals surface area contributed by atoms with E-state index in [1.165, 1.54) is 4.88 Å². The number of aromatic nitrogens is 4. The minimum Gasteiger partial charge on any atom is -0.339 e. The Kier molecular flexibility index (Phi) is 3.74. The fraction of sp³-hybridized carbons (Fsp3) is 0.400. The van der Waals surface area contributed by atoms with E-state index in [-0.39, 0.29) is 11.9 Å². The molecule has 0 N–H and O–H groups in total. The highest BCUT2D eigenvalue weighted by molar-refractivity contribution is 7.09. The van der Waals surface area contributed by atoms with Crippen LogP contribution in [0.5, 0.6) is 0 Å². The molecule has 22 heavy (non-hydrogen) atoms. The number of thiophene rings is 1. The van der Waals surface area contributed by atoms with Gasteiger partial charge in [0.2, 0.25) is 5.91 Å². The fourth-order valence-corrected chi connectivity index (χ4v) is 3.30. The molecular weight excluding hydrogens is 298 g/mol. The minimum atomic E-state index is -0.336. The van der Waals surface area contributed by atoms with Gasteiger partial charge in [-0.1, -0.05) is 6.07 Å². The van der Waals surface area contributed by atoms with Gasteiger partial charge in [-0.15, -0.1) is 11.3 Å². The van der Waals surface area contributed by atoms with Crippen molar-refractivity contribution < 1.29 is 4.79 Å². The second-order valence-electron chi connectivity index (χ2n) is 5.50. The molecule has 1 atom stereocenters. The van der Waals surface area contributed by atoms with Gasteiger partial charge in [0.25, 0.3) is 0 Å². The van der Waals surface area contributed by atoms with Crippen LogP contribution < -0.4 is 0 Å². The predicted octanol–water partition coefficient (Wildman–Crippen LogP) is 2.36. The summed E-state index contributed by atoms with van der Waals surface area (Å²) in [6.45, 7) is 4.43. The molecule has 0 saturated heterocycles. The first kappa shape index (κ1) is 14.8. The van der Waals surface area contributed by atoms with Gasteiger partial charge in [0.1, 0.15) is 17.1 Å². The summed E-state index contributed by atoms with van der Waals surface area (Å²) < 4.78 is 3.52. The molecule has 0 radical (unpaired) electrons. The molecule has 0 saturated carbocycles. The highest BCUT2D eigenvalue weighted by Gasteiger charge is 2.22. The van der Waals surface area contributed by atoms with Crippen molar-refractivity contribution in [3.8, 4) is 0 Å². The number of aryl methyl sites for hydroxylation is 2. The Hall–Kier alpha value is -2.15. The van der Waals surface area contributed by atoms with Crippen LogP contribution in [0, 0.1) is 6.92 Å². The van der Waals surface area contributed by atoms with E-state index in [9.17, 15) is 4.79 Å². The summed E-state index contributed by atoms with van der Waals surface area (Å²) in [4.78, 5) is 15.5. The molecule has 0 aliphatic heterocycles. The number of carbonyl (C=O) groups excluding carboxylic acids is 1. The maximum atomic E-state index is 12.6. The molecule has 0 unspecified atom stereocenters.